The molecule has 20 heavy (non-hydrogen) atoms. The minimum Gasteiger partial charge on any atom is -0.348 e. The Labute approximate surface area is 128 Å². The van der Waals surface area contributed by atoms with Crippen molar-refractivity contribution in [3.05, 3.63) is 35.9 Å². The van der Waals surface area contributed by atoms with Crippen LogP contribution in [-0.2, 0) is 0 Å². The second-order valence-corrected chi connectivity index (χ2v) is 3.99. The Bertz CT molecular complexity index is 597. The van der Waals surface area contributed by atoms with Crippen LogP contribution in [0.5, 0.6) is 0 Å². The first kappa shape index (κ1) is 18.5. The normalized spacial score (nSPS) is 11.2. The highest BCUT2D eigenvalue weighted by molar-refractivity contribution is 6.04. The first-order valence-corrected chi connectivity index (χ1v) is 5.53. The van der Waals surface area contributed by atoms with Crippen LogP contribution in [0.15, 0.2) is 24.5 Å². The van der Waals surface area contributed by atoms with Crippen LogP contribution in [0.4, 0.5) is 4.39 Å². The van der Waals surface area contributed by atoms with E-state index in [4.69, 9.17) is 5.73 Å². The molecular formula is C12H15Cl2FN4O. The van der Waals surface area contributed by atoms with Gasteiger partial charge in [0.2, 0.25) is 0 Å². The largest absolute Gasteiger partial charge is 0.348 e. The fourth-order valence-corrected chi connectivity index (χ4v) is 1.57. The molecule has 0 saturated carbocycles. The number of amides is 1. The Morgan fingerprint density at radius 3 is 2.65 bits per heavy atom. The Hall–Kier alpha value is -1.50. The van der Waals surface area contributed by atoms with Gasteiger partial charge in [0.05, 0.1) is 11.1 Å². The summed E-state index contributed by atoms with van der Waals surface area (Å²) in [7, 11) is 0. The molecule has 8 heteroatoms. The number of rotatable bonds is 3. The molecule has 1 aromatic carbocycles. The van der Waals surface area contributed by atoms with Crippen LogP contribution in [0.1, 0.15) is 17.3 Å². The van der Waals surface area contributed by atoms with E-state index in [1.54, 1.807) is 6.92 Å². The van der Waals surface area contributed by atoms with E-state index in [0.717, 1.165) is 6.07 Å². The maximum absolute atomic E-state index is 13.4. The number of nitrogens with one attached hydrogen (secondary N) is 1. The van der Waals surface area contributed by atoms with Gasteiger partial charge in [-0.15, -0.1) is 24.8 Å². The molecule has 0 unspecified atom stereocenters. The fraction of sp³-hybridized carbons (Fsp3) is 0.250. The van der Waals surface area contributed by atoms with Gasteiger partial charge in [-0.2, -0.15) is 0 Å². The zero-order valence-corrected chi connectivity index (χ0v) is 12.3. The molecule has 0 fully saturated rings. The van der Waals surface area contributed by atoms with Crippen molar-refractivity contribution in [3.8, 4) is 0 Å². The van der Waals surface area contributed by atoms with E-state index < -0.39 is 11.7 Å². The number of nitrogens with two attached hydrogens (primary N) is 1. The summed E-state index contributed by atoms with van der Waals surface area (Å²) in [6.45, 7) is 2.08. The molecular weight excluding hydrogens is 306 g/mol. The molecule has 0 aliphatic heterocycles. The van der Waals surface area contributed by atoms with Gasteiger partial charge in [-0.3, -0.25) is 14.8 Å². The maximum atomic E-state index is 13.4. The van der Waals surface area contributed by atoms with Crippen molar-refractivity contribution in [2.24, 2.45) is 5.73 Å². The number of benzene rings is 1. The molecule has 2 rings (SSSR count). The molecule has 1 heterocycles. The van der Waals surface area contributed by atoms with Crippen molar-refractivity contribution in [3.63, 3.8) is 0 Å². The quantitative estimate of drug-likeness (QED) is 0.901. The van der Waals surface area contributed by atoms with Crippen LogP contribution in [0.3, 0.4) is 0 Å². The topological polar surface area (TPSA) is 80.9 Å². The number of halogens is 3. The van der Waals surface area contributed by atoms with E-state index in [-0.39, 0.29) is 36.4 Å². The molecule has 2 aromatic rings. The zero-order valence-electron chi connectivity index (χ0n) is 10.7. The van der Waals surface area contributed by atoms with Crippen molar-refractivity contribution in [2.75, 3.05) is 6.54 Å². The molecule has 0 aliphatic carbocycles. The van der Waals surface area contributed by atoms with Crippen molar-refractivity contribution in [1.29, 1.82) is 0 Å². The Morgan fingerprint density at radius 2 is 2.00 bits per heavy atom. The van der Waals surface area contributed by atoms with Gasteiger partial charge in [-0.05, 0) is 13.0 Å². The number of carbonyl (C=O) groups is 1. The average Bonchev–Trinajstić information content (AvgIpc) is 2.37. The lowest BCUT2D eigenvalue weighted by atomic mass is 10.1. The predicted molar refractivity (Wildman–Crippen MR) is 80.0 cm³/mol. The van der Waals surface area contributed by atoms with E-state index in [1.165, 1.54) is 18.5 Å². The predicted octanol–water partition coefficient (Wildman–Crippen LogP) is 1.69. The maximum Gasteiger partial charge on any atom is 0.253 e. The molecule has 5 nitrogen and oxygen atoms in total. The van der Waals surface area contributed by atoms with Gasteiger partial charge < -0.3 is 11.1 Å². The number of hydrogen-bond donors (Lipinski definition) is 2. The lowest BCUT2D eigenvalue weighted by Gasteiger charge is -2.12. The summed E-state index contributed by atoms with van der Waals surface area (Å²) in [5.74, 6) is -0.925. The minimum atomic E-state index is -0.520. The number of aromatic nitrogens is 2. The Balaban J connectivity index is 0.00000180. The van der Waals surface area contributed by atoms with Crippen LogP contribution in [0.2, 0.25) is 0 Å². The van der Waals surface area contributed by atoms with Crippen molar-refractivity contribution < 1.29 is 9.18 Å². The van der Waals surface area contributed by atoms with E-state index in [9.17, 15) is 9.18 Å². The monoisotopic (exact) mass is 320 g/mol. The molecule has 0 spiro atoms. The third-order valence-corrected chi connectivity index (χ3v) is 2.51. The Morgan fingerprint density at radius 1 is 1.35 bits per heavy atom. The summed E-state index contributed by atoms with van der Waals surface area (Å²) < 4.78 is 13.4. The van der Waals surface area contributed by atoms with Gasteiger partial charge in [0.1, 0.15) is 11.3 Å². The molecule has 3 N–H and O–H groups in total. The smallest absolute Gasteiger partial charge is 0.253 e. The second-order valence-electron chi connectivity index (χ2n) is 3.99. The number of hydrogen-bond acceptors (Lipinski definition) is 4. The van der Waals surface area contributed by atoms with Gasteiger partial charge in [0, 0.05) is 31.0 Å². The van der Waals surface area contributed by atoms with E-state index >= 15 is 0 Å². The SMILES string of the molecule is C[C@@H](CN)NC(=O)c1cc(F)cc2nccnc12.Cl.Cl. The van der Waals surface area contributed by atoms with Crippen LogP contribution in [0.25, 0.3) is 11.0 Å². The highest BCUT2D eigenvalue weighted by Gasteiger charge is 2.15. The summed E-state index contributed by atoms with van der Waals surface area (Å²) >= 11 is 0. The first-order chi connectivity index (χ1) is 8.61. The van der Waals surface area contributed by atoms with Crippen LogP contribution in [-0.4, -0.2) is 28.5 Å². The number of carbonyl (C=O) groups excluding carboxylic acids is 1. The lowest BCUT2D eigenvalue weighted by molar-refractivity contribution is 0.0942. The van der Waals surface area contributed by atoms with E-state index in [0.29, 0.717) is 17.6 Å². The van der Waals surface area contributed by atoms with Crippen LogP contribution in [0, 0.1) is 5.82 Å². The lowest BCUT2D eigenvalue weighted by Crippen LogP contribution is -2.38. The molecule has 1 amide bonds. The highest BCUT2D eigenvalue weighted by Crippen LogP contribution is 2.16. The third-order valence-electron chi connectivity index (χ3n) is 2.51. The van der Waals surface area contributed by atoms with Gasteiger partial charge in [-0.25, -0.2) is 4.39 Å². The summed E-state index contributed by atoms with van der Waals surface area (Å²) in [5.41, 5.74) is 6.31. The molecule has 0 bridgehead atoms. The number of nitrogens with zero attached hydrogens (tertiary/aromatic N) is 2. The van der Waals surface area contributed by atoms with Crippen molar-refractivity contribution >= 4 is 41.8 Å². The van der Waals surface area contributed by atoms with Crippen molar-refractivity contribution in [2.45, 2.75) is 13.0 Å². The van der Waals surface area contributed by atoms with Crippen LogP contribution < -0.4 is 11.1 Å². The summed E-state index contributed by atoms with van der Waals surface area (Å²) in [6, 6.07) is 2.20. The highest BCUT2D eigenvalue weighted by atomic mass is 35.5. The zero-order chi connectivity index (χ0) is 13.1. The van der Waals surface area contributed by atoms with Gasteiger partial charge >= 0.3 is 0 Å². The van der Waals surface area contributed by atoms with Crippen molar-refractivity contribution in [1.82, 2.24) is 15.3 Å². The molecule has 1 atom stereocenters. The summed E-state index contributed by atoms with van der Waals surface area (Å²) in [5, 5.41) is 2.67. The minimum absolute atomic E-state index is 0. The molecule has 0 aliphatic rings. The molecule has 0 saturated heterocycles. The van der Waals surface area contributed by atoms with E-state index in [1.807, 2.05) is 0 Å². The molecule has 0 radical (unpaired) electrons. The van der Waals surface area contributed by atoms with Crippen LogP contribution >= 0.6 is 24.8 Å². The molecule has 1 aromatic heterocycles. The Kier molecular flexibility index (Phi) is 7.34. The summed E-state index contributed by atoms with van der Waals surface area (Å²) in [6.07, 6.45) is 2.91. The fourth-order valence-electron chi connectivity index (χ4n) is 1.57. The molecule has 110 valence electrons. The standard InChI is InChI=1S/C12H13FN4O.2ClH/c1-7(6-14)17-12(18)9-4-8(13)5-10-11(9)16-3-2-15-10;;/h2-5,7H,6,14H2,1H3,(H,17,18);2*1H/t7-;;/m0../s1. The third kappa shape index (κ3) is 4.00. The van der Waals surface area contributed by atoms with Gasteiger partial charge in [-0.1, -0.05) is 0 Å². The number of fused-ring (bicyclic) bond motifs is 1. The summed E-state index contributed by atoms with van der Waals surface area (Å²) in [4.78, 5) is 20.0. The average molecular weight is 321 g/mol. The van der Waals surface area contributed by atoms with Gasteiger partial charge in [0.15, 0.2) is 0 Å². The second kappa shape index (κ2) is 7.94. The first-order valence-electron chi connectivity index (χ1n) is 5.53. The van der Waals surface area contributed by atoms with E-state index in [2.05, 4.69) is 15.3 Å². The van der Waals surface area contributed by atoms with Gasteiger partial charge in [0.25, 0.3) is 5.91 Å².